The highest BCUT2D eigenvalue weighted by atomic mass is 19.1. The first-order valence-electron chi connectivity index (χ1n) is 3.97. The fourth-order valence-electron chi connectivity index (χ4n) is 0.782. The van der Waals surface area contributed by atoms with Crippen molar-refractivity contribution in [3.05, 3.63) is 0 Å². The molecule has 7 nitrogen and oxygen atoms in total. The average molecular weight is 222 g/mol. The van der Waals surface area contributed by atoms with E-state index in [1.165, 1.54) is 0 Å². The van der Waals surface area contributed by atoms with E-state index in [9.17, 15) is 18.8 Å². The second-order valence-corrected chi connectivity index (χ2v) is 2.70. The summed E-state index contributed by atoms with van der Waals surface area (Å²) >= 11 is 0. The maximum absolute atomic E-state index is 12.6. The first-order chi connectivity index (χ1) is 6.88. The van der Waals surface area contributed by atoms with Gasteiger partial charge in [-0.05, 0) is 0 Å². The van der Waals surface area contributed by atoms with Gasteiger partial charge in [0.05, 0.1) is 6.54 Å². The topological polar surface area (TPSA) is 130 Å². The molecule has 2 atom stereocenters. The van der Waals surface area contributed by atoms with Crippen molar-refractivity contribution < 1.29 is 29.0 Å². The van der Waals surface area contributed by atoms with Gasteiger partial charge in [-0.3, -0.25) is 4.79 Å². The van der Waals surface area contributed by atoms with Gasteiger partial charge in [0, 0.05) is 6.42 Å². The second-order valence-electron chi connectivity index (χ2n) is 2.70. The van der Waals surface area contributed by atoms with Crippen LogP contribution < -0.4 is 11.1 Å². The van der Waals surface area contributed by atoms with Crippen molar-refractivity contribution in [3.8, 4) is 0 Å². The molecule has 0 aromatic heterocycles. The Hall–Kier alpha value is -1.70. The lowest BCUT2D eigenvalue weighted by molar-refractivity contribution is -0.146. The predicted molar refractivity (Wildman–Crippen MR) is 45.8 cm³/mol. The van der Waals surface area contributed by atoms with Crippen LogP contribution in [0.1, 0.15) is 6.42 Å². The highest BCUT2D eigenvalue weighted by Gasteiger charge is 2.27. The molecule has 15 heavy (non-hydrogen) atoms. The zero-order valence-corrected chi connectivity index (χ0v) is 7.64. The molecule has 8 heteroatoms. The quantitative estimate of drug-likeness (QED) is 0.425. The van der Waals surface area contributed by atoms with E-state index in [0.29, 0.717) is 0 Å². The summed E-state index contributed by atoms with van der Waals surface area (Å²) in [6.07, 6.45) is -3.18. The van der Waals surface area contributed by atoms with Gasteiger partial charge >= 0.3 is 11.9 Å². The molecule has 0 spiro atoms. The molecule has 5 N–H and O–H groups in total. The normalized spacial score (nSPS) is 14.0. The third kappa shape index (κ3) is 4.91. The number of halogens is 1. The molecule has 0 fully saturated rings. The van der Waals surface area contributed by atoms with Crippen molar-refractivity contribution in [2.24, 2.45) is 5.73 Å². The SMILES string of the molecule is NCC(=O)N[C@@H](CC(F)C(=O)O)C(=O)O. The standard InChI is InChI=1S/C7H11FN2O5/c8-3(6(12)13)1-4(7(14)15)10-5(11)2-9/h3-4H,1-2,9H2,(H,10,11)(H,12,13)(H,14,15)/t3?,4-/m0/s1. The van der Waals surface area contributed by atoms with Crippen molar-refractivity contribution in [2.45, 2.75) is 18.6 Å². The molecular weight excluding hydrogens is 211 g/mol. The van der Waals surface area contributed by atoms with Crippen LogP contribution in [0.3, 0.4) is 0 Å². The third-order valence-corrected chi connectivity index (χ3v) is 1.53. The van der Waals surface area contributed by atoms with Crippen LogP contribution in [0.5, 0.6) is 0 Å². The monoisotopic (exact) mass is 222 g/mol. The summed E-state index contributed by atoms with van der Waals surface area (Å²) in [4.78, 5) is 31.3. The van der Waals surface area contributed by atoms with E-state index in [0.717, 1.165) is 0 Å². The number of hydrogen-bond acceptors (Lipinski definition) is 4. The third-order valence-electron chi connectivity index (χ3n) is 1.53. The zero-order valence-electron chi connectivity index (χ0n) is 7.64. The summed E-state index contributed by atoms with van der Waals surface area (Å²) < 4.78 is 12.6. The molecule has 0 rings (SSSR count). The average Bonchev–Trinajstić information content (AvgIpc) is 2.15. The largest absolute Gasteiger partial charge is 0.480 e. The van der Waals surface area contributed by atoms with Crippen LogP contribution in [0.15, 0.2) is 0 Å². The summed E-state index contributed by atoms with van der Waals surface area (Å²) in [5.74, 6) is -4.08. The molecular formula is C7H11FN2O5. The van der Waals surface area contributed by atoms with Gasteiger partial charge in [0.1, 0.15) is 6.04 Å². The van der Waals surface area contributed by atoms with Gasteiger partial charge in [-0.25, -0.2) is 14.0 Å². The number of nitrogens with one attached hydrogen (secondary N) is 1. The van der Waals surface area contributed by atoms with E-state index < -0.39 is 43.0 Å². The molecule has 0 radical (unpaired) electrons. The van der Waals surface area contributed by atoms with Crippen molar-refractivity contribution in [1.82, 2.24) is 5.32 Å². The number of rotatable bonds is 6. The highest BCUT2D eigenvalue weighted by Crippen LogP contribution is 2.03. The molecule has 0 saturated heterocycles. The van der Waals surface area contributed by atoms with E-state index in [1.807, 2.05) is 5.32 Å². The van der Waals surface area contributed by atoms with Gasteiger partial charge in [-0.2, -0.15) is 0 Å². The number of carboxylic acids is 2. The fraction of sp³-hybridized carbons (Fsp3) is 0.571. The molecule has 0 aliphatic carbocycles. The molecule has 0 aliphatic rings. The fourth-order valence-corrected chi connectivity index (χ4v) is 0.782. The van der Waals surface area contributed by atoms with Gasteiger partial charge in [0.15, 0.2) is 6.17 Å². The van der Waals surface area contributed by atoms with Crippen molar-refractivity contribution in [3.63, 3.8) is 0 Å². The Morgan fingerprint density at radius 2 is 1.80 bits per heavy atom. The van der Waals surface area contributed by atoms with Crippen molar-refractivity contribution in [1.29, 1.82) is 0 Å². The lowest BCUT2D eigenvalue weighted by Crippen LogP contribution is -2.45. The van der Waals surface area contributed by atoms with Gasteiger partial charge in [-0.1, -0.05) is 0 Å². The first-order valence-corrected chi connectivity index (χ1v) is 3.97. The van der Waals surface area contributed by atoms with E-state index in [4.69, 9.17) is 15.9 Å². The Kier molecular flexibility index (Phi) is 5.24. The van der Waals surface area contributed by atoms with Gasteiger partial charge in [-0.15, -0.1) is 0 Å². The maximum Gasteiger partial charge on any atom is 0.338 e. The molecule has 1 amide bonds. The van der Waals surface area contributed by atoms with E-state index in [1.54, 1.807) is 0 Å². The number of hydrogen-bond donors (Lipinski definition) is 4. The van der Waals surface area contributed by atoms with Crippen LogP contribution in [0, 0.1) is 0 Å². The van der Waals surface area contributed by atoms with Crippen LogP contribution in [-0.2, 0) is 14.4 Å². The summed E-state index contributed by atoms with van der Waals surface area (Å²) in [6.45, 7) is -0.451. The Balaban J connectivity index is 4.35. The number of carbonyl (C=O) groups excluding carboxylic acids is 1. The molecule has 0 bridgehead atoms. The molecule has 0 aromatic rings. The minimum absolute atomic E-state index is 0.451. The number of carbonyl (C=O) groups is 3. The molecule has 0 saturated carbocycles. The highest BCUT2D eigenvalue weighted by molar-refractivity contribution is 5.85. The predicted octanol–water partition coefficient (Wildman–Crippen LogP) is -1.67. The number of nitrogens with two attached hydrogens (primary N) is 1. The van der Waals surface area contributed by atoms with Gasteiger partial charge < -0.3 is 21.3 Å². The van der Waals surface area contributed by atoms with E-state index in [-0.39, 0.29) is 0 Å². The molecule has 0 aliphatic heterocycles. The summed E-state index contributed by atoms with van der Waals surface area (Å²) in [6, 6.07) is -1.59. The first kappa shape index (κ1) is 13.3. The molecule has 0 aromatic carbocycles. The van der Waals surface area contributed by atoms with E-state index >= 15 is 0 Å². The minimum atomic E-state index is -2.34. The zero-order chi connectivity index (χ0) is 12.0. The Bertz CT molecular complexity index is 270. The molecule has 1 unspecified atom stereocenters. The lowest BCUT2D eigenvalue weighted by Gasteiger charge is -2.14. The van der Waals surface area contributed by atoms with Crippen molar-refractivity contribution >= 4 is 17.8 Å². The number of carboxylic acid groups (broad SMARTS) is 2. The summed E-state index contributed by atoms with van der Waals surface area (Å²) in [7, 11) is 0. The van der Waals surface area contributed by atoms with Crippen molar-refractivity contribution in [2.75, 3.05) is 6.54 Å². The van der Waals surface area contributed by atoms with E-state index in [2.05, 4.69) is 0 Å². The summed E-state index contributed by atoms with van der Waals surface area (Å²) in [5.41, 5.74) is 4.90. The number of alkyl halides is 1. The Labute approximate surface area is 84.1 Å². The van der Waals surface area contributed by atoms with Crippen LogP contribution in [0.4, 0.5) is 4.39 Å². The molecule has 0 heterocycles. The van der Waals surface area contributed by atoms with Crippen LogP contribution in [0.25, 0.3) is 0 Å². The van der Waals surface area contributed by atoms with Crippen LogP contribution >= 0.6 is 0 Å². The number of aliphatic carboxylic acids is 2. The Morgan fingerprint density at radius 3 is 2.13 bits per heavy atom. The van der Waals surface area contributed by atoms with Gasteiger partial charge in [0.2, 0.25) is 5.91 Å². The Morgan fingerprint density at radius 1 is 1.27 bits per heavy atom. The number of amides is 1. The molecule has 86 valence electrons. The maximum atomic E-state index is 12.6. The van der Waals surface area contributed by atoms with Gasteiger partial charge in [0.25, 0.3) is 0 Å². The second kappa shape index (κ2) is 5.91. The minimum Gasteiger partial charge on any atom is -0.480 e. The summed E-state index contributed by atoms with van der Waals surface area (Å²) in [5, 5.41) is 18.6. The van der Waals surface area contributed by atoms with Crippen LogP contribution in [0.2, 0.25) is 0 Å². The smallest absolute Gasteiger partial charge is 0.338 e. The van der Waals surface area contributed by atoms with Crippen LogP contribution in [-0.4, -0.2) is 46.8 Å². The lowest BCUT2D eigenvalue weighted by atomic mass is 10.1.